The number of amides is 1. The number of fused-ring (bicyclic) bond motifs is 1. The number of piperazine rings is 1. The first-order valence-corrected chi connectivity index (χ1v) is 12.2. The Morgan fingerprint density at radius 2 is 1.86 bits per heavy atom. The Bertz CT molecular complexity index is 1520. The number of anilines is 1. The van der Waals surface area contributed by atoms with Crippen LogP contribution in [0.2, 0.25) is 0 Å². The monoisotopic (exact) mass is 531 g/mol. The summed E-state index contributed by atoms with van der Waals surface area (Å²) in [7, 11) is 0. The first-order chi connectivity index (χ1) is 17.6. The number of benzene rings is 2. The zero-order chi connectivity index (χ0) is 26.3. The maximum Gasteiger partial charge on any atom is 0.416 e. The number of rotatable bonds is 4. The molecule has 1 saturated heterocycles. The summed E-state index contributed by atoms with van der Waals surface area (Å²) in [5.41, 5.74) is -0.113. The molecule has 0 unspecified atom stereocenters. The molecule has 7 nitrogen and oxygen atoms in total. The third-order valence-electron chi connectivity index (χ3n) is 6.35. The van der Waals surface area contributed by atoms with Gasteiger partial charge in [0, 0.05) is 45.1 Å². The second-order valence-electron chi connectivity index (χ2n) is 8.72. The van der Waals surface area contributed by atoms with Gasteiger partial charge in [-0.15, -0.1) is 0 Å². The van der Waals surface area contributed by atoms with E-state index in [-0.39, 0.29) is 23.8 Å². The van der Waals surface area contributed by atoms with Gasteiger partial charge in [0.25, 0.3) is 0 Å². The smallest absolute Gasteiger partial charge is 0.416 e. The molecule has 1 fully saturated rings. The highest BCUT2D eigenvalue weighted by molar-refractivity contribution is 7.17. The van der Waals surface area contributed by atoms with Gasteiger partial charge in [-0.05, 0) is 40.6 Å². The second-order valence-corrected chi connectivity index (χ2v) is 9.69. The van der Waals surface area contributed by atoms with Crippen LogP contribution in [-0.4, -0.2) is 53.3 Å². The van der Waals surface area contributed by atoms with Crippen LogP contribution in [0.1, 0.15) is 28.5 Å². The van der Waals surface area contributed by atoms with Crippen molar-refractivity contribution in [2.45, 2.75) is 19.5 Å². The van der Waals surface area contributed by atoms with Crippen LogP contribution in [0.25, 0.3) is 5.57 Å². The SMILES string of the molecule is CC(=O)N1CCN(c2nc(O)c(C(Cc3ccc(F)cc3C(F)(F)F)=c3ccc4c(c3)C=NN=4)s2)CC1. The third-order valence-corrected chi connectivity index (χ3v) is 7.52. The van der Waals surface area contributed by atoms with Crippen LogP contribution in [0.3, 0.4) is 0 Å². The van der Waals surface area contributed by atoms with E-state index in [1.54, 1.807) is 29.3 Å². The molecule has 3 aromatic rings. The minimum absolute atomic E-state index is 0.0235. The molecule has 0 aliphatic carbocycles. The van der Waals surface area contributed by atoms with Crippen molar-refractivity contribution in [2.24, 2.45) is 10.2 Å². The van der Waals surface area contributed by atoms with E-state index in [2.05, 4.69) is 15.2 Å². The fraction of sp³-hybridized carbons (Fsp3) is 0.280. The zero-order valence-corrected chi connectivity index (χ0v) is 20.4. The van der Waals surface area contributed by atoms with Crippen LogP contribution >= 0.6 is 11.3 Å². The Hall–Kier alpha value is -3.80. The van der Waals surface area contributed by atoms with Crippen molar-refractivity contribution < 1.29 is 27.5 Å². The highest BCUT2D eigenvalue weighted by atomic mass is 32.1. The molecule has 1 N–H and O–H groups in total. The molecule has 1 amide bonds. The van der Waals surface area contributed by atoms with Gasteiger partial charge in [0.1, 0.15) is 5.82 Å². The standard InChI is InChI=1S/C25H21F4N5O2S/c1-14(35)33-6-8-34(9-7-33)24-31-23(36)22(37-24)19(15-3-5-21-17(10-15)13-30-32-21)11-16-2-4-18(26)12-20(16)25(27,28)29/h2-5,10,12-13,36H,6-9,11H2,1H3. The van der Waals surface area contributed by atoms with Gasteiger partial charge in [0.15, 0.2) is 5.13 Å². The van der Waals surface area contributed by atoms with E-state index in [0.717, 1.165) is 23.5 Å². The molecule has 2 aromatic carbocycles. The maximum atomic E-state index is 13.8. The number of carbonyl (C=O) groups is 1. The Labute approximate surface area is 212 Å². The highest BCUT2D eigenvalue weighted by Crippen LogP contribution is 2.39. The van der Waals surface area contributed by atoms with Gasteiger partial charge in [-0.3, -0.25) is 4.79 Å². The van der Waals surface area contributed by atoms with Crippen molar-refractivity contribution in [1.29, 1.82) is 0 Å². The van der Waals surface area contributed by atoms with Gasteiger partial charge in [-0.25, -0.2) is 4.39 Å². The van der Waals surface area contributed by atoms with Crippen molar-refractivity contribution in [2.75, 3.05) is 31.1 Å². The lowest BCUT2D eigenvalue weighted by atomic mass is 9.96. The predicted molar refractivity (Wildman–Crippen MR) is 131 cm³/mol. The maximum absolute atomic E-state index is 13.8. The van der Waals surface area contributed by atoms with E-state index in [0.29, 0.717) is 64.0 Å². The molecule has 0 spiro atoms. The van der Waals surface area contributed by atoms with E-state index < -0.39 is 17.6 Å². The number of nitrogens with zero attached hydrogens (tertiary/aromatic N) is 5. The average molecular weight is 532 g/mol. The molecule has 37 heavy (non-hydrogen) atoms. The van der Waals surface area contributed by atoms with Crippen molar-refractivity contribution in [3.63, 3.8) is 0 Å². The van der Waals surface area contributed by atoms with Crippen molar-refractivity contribution in [1.82, 2.24) is 9.88 Å². The molecule has 0 radical (unpaired) electrons. The summed E-state index contributed by atoms with van der Waals surface area (Å²) in [5, 5.41) is 20.4. The van der Waals surface area contributed by atoms with E-state index >= 15 is 0 Å². The molecular formula is C25H21F4N5O2S. The Morgan fingerprint density at radius 1 is 1.11 bits per heavy atom. The third kappa shape index (κ3) is 5.06. The summed E-state index contributed by atoms with van der Waals surface area (Å²) in [4.78, 5) is 19.9. The Balaban J connectivity index is 1.60. The van der Waals surface area contributed by atoms with Crippen LogP contribution in [0, 0.1) is 5.82 Å². The number of hydrogen-bond donors (Lipinski definition) is 1. The molecule has 0 bridgehead atoms. The van der Waals surface area contributed by atoms with Crippen LogP contribution in [0.15, 0.2) is 46.6 Å². The average Bonchev–Trinajstić information content (AvgIpc) is 3.48. The molecule has 0 atom stereocenters. The molecule has 1 aromatic heterocycles. The summed E-state index contributed by atoms with van der Waals surface area (Å²) in [6, 6.07) is 7.73. The summed E-state index contributed by atoms with van der Waals surface area (Å²) in [6.07, 6.45) is -3.44. The van der Waals surface area contributed by atoms with E-state index in [1.807, 2.05) is 4.90 Å². The summed E-state index contributed by atoms with van der Waals surface area (Å²) in [5.74, 6) is -1.32. The van der Waals surface area contributed by atoms with Crippen molar-refractivity contribution >= 4 is 34.2 Å². The molecule has 12 heteroatoms. The highest BCUT2D eigenvalue weighted by Gasteiger charge is 2.34. The van der Waals surface area contributed by atoms with Crippen molar-refractivity contribution in [3.8, 4) is 5.88 Å². The van der Waals surface area contributed by atoms with Gasteiger partial charge in [-0.1, -0.05) is 23.5 Å². The van der Waals surface area contributed by atoms with Gasteiger partial charge in [-0.2, -0.15) is 28.4 Å². The van der Waals surface area contributed by atoms with Gasteiger partial charge in [0.2, 0.25) is 11.8 Å². The number of aromatic nitrogens is 1. The first-order valence-electron chi connectivity index (χ1n) is 11.4. The number of halogens is 4. The van der Waals surface area contributed by atoms with E-state index in [1.165, 1.54) is 6.92 Å². The molecule has 0 saturated carbocycles. The zero-order valence-electron chi connectivity index (χ0n) is 19.6. The van der Waals surface area contributed by atoms with E-state index in [9.17, 15) is 27.5 Å². The second kappa shape index (κ2) is 9.58. The Kier molecular flexibility index (Phi) is 6.44. The van der Waals surface area contributed by atoms with Crippen molar-refractivity contribution in [3.05, 3.63) is 74.4 Å². The number of aromatic hydroxyl groups is 1. The number of hydrogen-bond acceptors (Lipinski definition) is 7. The molecule has 3 heterocycles. The first kappa shape index (κ1) is 24.9. The minimum Gasteiger partial charge on any atom is -0.492 e. The predicted octanol–water partition coefficient (Wildman–Crippen LogP) is 3.08. The topological polar surface area (TPSA) is 81.4 Å². The lowest BCUT2D eigenvalue weighted by Gasteiger charge is -2.33. The molecule has 5 rings (SSSR count). The Morgan fingerprint density at radius 3 is 2.57 bits per heavy atom. The number of thiazole rings is 1. The van der Waals surface area contributed by atoms with Gasteiger partial charge >= 0.3 is 6.18 Å². The van der Waals surface area contributed by atoms with Gasteiger partial charge in [0.05, 0.1) is 22.0 Å². The normalized spacial score (nSPS) is 16.0. The van der Waals surface area contributed by atoms with Gasteiger partial charge < -0.3 is 14.9 Å². The minimum atomic E-state index is -4.76. The fourth-order valence-electron chi connectivity index (χ4n) is 4.41. The largest absolute Gasteiger partial charge is 0.492 e. The summed E-state index contributed by atoms with van der Waals surface area (Å²) < 4.78 is 55.1. The lowest BCUT2D eigenvalue weighted by Crippen LogP contribution is -2.48. The molecule has 192 valence electrons. The van der Waals surface area contributed by atoms with Crippen LogP contribution < -0.4 is 15.5 Å². The van der Waals surface area contributed by atoms with Crippen LogP contribution in [0.4, 0.5) is 22.7 Å². The van der Waals surface area contributed by atoms with E-state index in [4.69, 9.17) is 0 Å². The quantitative estimate of drug-likeness (QED) is 0.525. The van der Waals surface area contributed by atoms with Crippen LogP contribution in [-0.2, 0) is 17.4 Å². The number of carbonyl (C=O) groups excluding carboxylic acids is 1. The molecule has 2 aliphatic rings. The molecule has 2 aliphatic heterocycles. The molecular weight excluding hydrogens is 510 g/mol. The number of alkyl halides is 3. The fourth-order valence-corrected chi connectivity index (χ4v) is 5.48. The van der Waals surface area contributed by atoms with Crippen LogP contribution in [0.5, 0.6) is 5.88 Å². The summed E-state index contributed by atoms with van der Waals surface area (Å²) >= 11 is 1.16. The lowest BCUT2D eigenvalue weighted by molar-refractivity contribution is -0.138. The summed E-state index contributed by atoms with van der Waals surface area (Å²) in [6.45, 7) is 3.52.